The molecule has 1 aromatic carbocycles. The van der Waals surface area contributed by atoms with Crippen molar-refractivity contribution in [1.82, 2.24) is 9.55 Å². The van der Waals surface area contributed by atoms with Gasteiger partial charge in [-0.1, -0.05) is 11.6 Å². The van der Waals surface area contributed by atoms with Gasteiger partial charge < -0.3 is 4.84 Å². The molecule has 164 valence electrons. The van der Waals surface area contributed by atoms with Crippen LogP contribution >= 0.6 is 11.3 Å². The summed E-state index contributed by atoms with van der Waals surface area (Å²) in [6.45, 7) is 0.704. The molecule has 0 unspecified atom stereocenters. The van der Waals surface area contributed by atoms with Crippen molar-refractivity contribution >= 4 is 38.9 Å². The second-order valence-electron chi connectivity index (χ2n) is 7.96. The number of aryl methyl sites for hydroxylation is 2. The molecule has 0 amide bonds. The van der Waals surface area contributed by atoms with Gasteiger partial charge in [0.2, 0.25) is 0 Å². The summed E-state index contributed by atoms with van der Waals surface area (Å²) in [5.41, 5.74) is 1.67. The van der Waals surface area contributed by atoms with Crippen LogP contribution in [0.1, 0.15) is 58.7 Å². The quantitative estimate of drug-likeness (QED) is 0.337. The minimum absolute atomic E-state index is 0.0218. The van der Waals surface area contributed by atoms with Crippen LogP contribution in [0.15, 0.2) is 34.2 Å². The lowest BCUT2D eigenvalue weighted by molar-refractivity contribution is -0.384. The van der Waals surface area contributed by atoms with Crippen molar-refractivity contribution in [2.45, 2.75) is 51.5 Å². The molecule has 0 fully saturated rings. The van der Waals surface area contributed by atoms with Crippen LogP contribution in [-0.2, 0) is 24.2 Å². The molecule has 0 N–H and O–H groups in total. The third-order valence-electron chi connectivity index (χ3n) is 5.93. The first-order chi connectivity index (χ1) is 15.5. The van der Waals surface area contributed by atoms with Gasteiger partial charge >= 0.3 is 5.97 Å². The average Bonchev–Trinajstić information content (AvgIpc) is 3.01. The van der Waals surface area contributed by atoms with E-state index in [1.807, 2.05) is 4.57 Å². The third kappa shape index (κ3) is 3.60. The Bertz CT molecular complexity index is 1320. The van der Waals surface area contributed by atoms with Crippen molar-refractivity contribution in [2.24, 2.45) is 5.16 Å². The van der Waals surface area contributed by atoms with E-state index in [2.05, 4.69) is 5.16 Å². The van der Waals surface area contributed by atoms with Gasteiger partial charge in [0.05, 0.1) is 26.5 Å². The summed E-state index contributed by atoms with van der Waals surface area (Å²) in [7, 11) is 0. The molecular weight excluding hydrogens is 432 g/mol. The number of carbonyl (C=O) groups excluding carboxylic acids is 1. The van der Waals surface area contributed by atoms with Crippen LogP contribution in [0.2, 0.25) is 0 Å². The molecule has 0 bridgehead atoms. The number of thiophene rings is 1. The minimum Gasteiger partial charge on any atom is -0.312 e. The highest BCUT2D eigenvalue weighted by Gasteiger charge is 2.26. The Morgan fingerprint density at radius 2 is 1.94 bits per heavy atom. The van der Waals surface area contributed by atoms with Gasteiger partial charge in [0.25, 0.3) is 11.2 Å². The molecule has 3 heterocycles. The van der Waals surface area contributed by atoms with Crippen LogP contribution in [-0.4, -0.2) is 26.2 Å². The molecular formula is C22H20N4O5S. The molecule has 1 aliphatic carbocycles. The highest BCUT2D eigenvalue weighted by Crippen LogP contribution is 2.35. The molecule has 3 aromatic rings. The van der Waals surface area contributed by atoms with Crippen LogP contribution in [0.25, 0.3) is 10.2 Å². The summed E-state index contributed by atoms with van der Waals surface area (Å²) in [4.78, 5) is 47.4. The van der Waals surface area contributed by atoms with Gasteiger partial charge in [-0.25, -0.2) is 9.78 Å². The Morgan fingerprint density at radius 3 is 2.72 bits per heavy atom. The van der Waals surface area contributed by atoms with Crippen LogP contribution in [0, 0.1) is 10.1 Å². The van der Waals surface area contributed by atoms with E-state index in [4.69, 9.17) is 9.82 Å². The second-order valence-corrected chi connectivity index (χ2v) is 8.96. The lowest BCUT2D eigenvalue weighted by atomic mass is 9.95. The fourth-order valence-corrected chi connectivity index (χ4v) is 5.55. The Hall–Kier alpha value is -3.40. The number of carbonyl (C=O) groups is 1. The van der Waals surface area contributed by atoms with Gasteiger partial charge in [-0.3, -0.25) is 19.5 Å². The fraction of sp³-hybridized carbons (Fsp3) is 0.364. The molecule has 0 saturated carbocycles. The Kier molecular flexibility index (Phi) is 5.30. The summed E-state index contributed by atoms with van der Waals surface area (Å²) in [6.07, 6.45) is 6.13. The van der Waals surface area contributed by atoms with E-state index in [9.17, 15) is 19.7 Å². The standard InChI is InChI=1S/C22H20N4O5S/c27-21-18-15-5-4-6-16(24-31-22(28)13-8-10-14(11-9-13)26(29)30)19(15)32-20(18)23-17-7-2-1-3-12-25(17)21/h8-11H,1-7,12H2/b24-16+. The number of hydrogen-bond acceptors (Lipinski definition) is 8. The van der Waals surface area contributed by atoms with E-state index in [0.717, 1.165) is 59.6 Å². The van der Waals surface area contributed by atoms with Crippen molar-refractivity contribution < 1.29 is 14.6 Å². The van der Waals surface area contributed by atoms with Crippen molar-refractivity contribution in [3.05, 3.63) is 66.6 Å². The van der Waals surface area contributed by atoms with Crippen LogP contribution in [0.3, 0.4) is 0 Å². The average molecular weight is 452 g/mol. The third-order valence-corrected chi connectivity index (χ3v) is 7.10. The predicted molar refractivity (Wildman–Crippen MR) is 119 cm³/mol. The first kappa shape index (κ1) is 20.5. The van der Waals surface area contributed by atoms with E-state index in [1.165, 1.54) is 35.6 Å². The number of fused-ring (bicyclic) bond motifs is 4. The number of aromatic nitrogens is 2. The van der Waals surface area contributed by atoms with E-state index in [0.29, 0.717) is 24.1 Å². The monoisotopic (exact) mass is 452 g/mol. The SMILES string of the molecule is O=C(O/N=C1\CCCc2c1sc1nc3n(c(=O)c21)CCCCC3)c1ccc([N+](=O)[O-])cc1. The molecule has 0 saturated heterocycles. The Balaban J connectivity index is 1.47. The first-order valence-electron chi connectivity index (χ1n) is 10.6. The van der Waals surface area contributed by atoms with Crippen molar-refractivity contribution in [3.8, 4) is 0 Å². The highest BCUT2D eigenvalue weighted by atomic mass is 32.1. The summed E-state index contributed by atoms with van der Waals surface area (Å²) < 4.78 is 1.82. The normalized spacial score (nSPS) is 16.9. The number of nitro benzene ring substituents is 1. The van der Waals surface area contributed by atoms with Gasteiger partial charge in [-0.2, -0.15) is 0 Å². The summed E-state index contributed by atoms with van der Waals surface area (Å²) >= 11 is 1.43. The molecule has 9 nitrogen and oxygen atoms in total. The van der Waals surface area contributed by atoms with Crippen LogP contribution < -0.4 is 5.56 Å². The van der Waals surface area contributed by atoms with Gasteiger partial charge in [0.15, 0.2) is 0 Å². The summed E-state index contributed by atoms with van der Waals surface area (Å²) in [5.74, 6) is 0.159. The van der Waals surface area contributed by atoms with Crippen LogP contribution in [0.5, 0.6) is 0 Å². The maximum absolute atomic E-state index is 13.2. The molecule has 32 heavy (non-hydrogen) atoms. The number of non-ortho nitro benzene ring substituents is 1. The largest absolute Gasteiger partial charge is 0.365 e. The minimum atomic E-state index is -0.689. The van der Waals surface area contributed by atoms with Gasteiger partial charge in [-0.05, 0) is 49.8 Å². The Labute approximate surface area is 186 Å². The smallest absolute Gasteiger partial charge is 0.312 e. The maximum Gasteiger partial charge on any atom is 0.365 e. The number of nitrogens with zero attached hydrogens (tertiary/aromatic N) is 4. The molecule has 0 radical (unpaired) electrons. The number of nitro groups is 1. The summed E-state index contributed by atoms with van der Waals surface area (Å²) in [6, 6.07) is 5.17. The van der Waals surface area contributed by atoms with E-state index in [-0.39, 0.29) is 16.8 Å². The first-order valence-corrected chi connectivity index (χ1v) is 11.4. The zero-order valence-corrected chi connectivity index (χ0v) is 18.0. The van der Waals surface area contributed by atoms with Gasteiger partial charge in [-0.15, -0.1) is 11.3 Å². The summed E-state index contributed by atoms with van der Waals surface area (Å²) in [5, 5.41) is 15.5. The lowest BCUT2D eigenvalue weighted by Gasteiger charge is -2.13. The van der Waals surface area contributed by atoms with Crippen molar-refractivity contribution in [3.63, 3.8) is 0 Å². The van der Waals surface area contributed by atoms with E-state index in [1.54, 1.807) is 0 Å². The number of oxime groups is 1. The van der Waals surface area contributed by atoms with Gasteiger partial charge in [0, 0.05) is 25.1 Å². The number of hydrogen-bond donors (Lipinski definition) is 0. The fourth-order valence-electron chi connectivity index (χ4n) is 4.31. The predicted octanol–water partition coefficient (Wildman–Crippen LogP) is 3.99. The molecule has 1 aliphatic heterocycles. The van der Waals surface area contributed by atoms with E-state index >= 15 is 0 Å². The highest BCUT2D eigenvalue weighted by molar-refractivity contribution is 7.20. The molecule has 10 heteroatoms. The molecule has 2 aliphatic rings. The zero-order chi connectivity index (χ0) is 22.2. The molecule has 0 spiro atoms. The van der Waals surface area contributed by atoms with E-state index < -0.39 is 10.9 Å². The zero-order valence-electron chi connectivity index (χ0n) is 17.2. The lowest BCUT2D eigenvalue weighted by Crippen LogP contribution is -2.25. The van der Waals surface area contributed by atoms with Crippen molar-refractivity contribution in [2.75, 3.05) is 0 Å². The number of benzene rings is 1. The van der Waals surface area contributed by atoms with Gasteiger partial charge in [0.1, 0.15) is 10.7 Å². The second kappa shape index (κ2) is 8.27. The van der Waals surface area contributed by atoms with Crippen LogP contribution in [0.4, 0.5) is 5.69 Å². The molecule has 5 rings (SSSR count). The number of rotatable bonds is 3. The topological polar surface area (TPSA) is 117 Å². The molecule has 2 aromatic heterocycles. The Morgan fingerprint density at radius 1 is 1.12 bits per heavy atom. The van der Waals surface area contributed by atoms with Crippen molar-refractivity contribution in [1.29, 1.82) is 0 Å². The maximum atomic E-state index is 13.2. The molecule has 0 atom stereocenters.